The Labute approximate surface area is 111 Å². The van der Waals surface area contributed by atoms with Crippen LogP contribution in [0.1, 0.15) is 19.8 Å². The second kappa shape index (κ2) is 5.54. The number of nitrogens with zero attached hydrogens (tertiary/aromatic N) is 1. The highest BCUT2D eigenvalue weighted by Gasteiger charge is 2.46. The zero-order valence-electron chi connectivity index (χ0n) is 10.7. The van der Waals surface area contributed by atoms with Gasteiger partial charge in [0.1, 0.15) is 18.0 Å². The SMILES string of the molecule is CCNC(C#N)(COc1ccc(F)cc1F)C1CC1. The fraction of sp³-hybridized carbons (Fsp3) is 0.500. The first-order chi connectivity index (χ1) is 9.11. The number of hydrogen-bond acceptors (Lipinski definition) is 3. The lowest BCUT2D eigenvalue weighted by molar-refractivity contribution is 0.197. The van der Waals surface area contributed by atoms with E-state index in [2.05, 4.69) is 11.4 Å². The van der Waals surface area contributed by atoms with Gasteiger partial charge in [-0.2, -0.15) is 5.26 Å². The van der Waals surface area contributed by atoms with Gasteiger partial charge in [0.2, 0.25) is 0 Å². The van der Waals surface area contributed by atoms with Crippen molar-refractivity contribution in [2.75, 3.05) is 13.2 Å². The molecule has 0 radical (unpaired) electrons. The number of hydrogen-bond donors (Lipinski definition) is 1. The average molecular weight is 266 g/mol. The number of rotatable bonds is 6. The number of likely N-dealkylation sites (N-methyl/N-ethyl adjacent to an activating group) is 1. The molecule has 19 heavy (non-hydrogen) atoms. The molecule has 1 saturated carbocycles. The van der Waals surface area contributed by atoms with Gasteiger partial charge in [0, 0.05) is 6.07 Å². The van der Waals surface area contributed by atoms with Crippen LogP contribution in [-0.2, 0) is 0 Å². The highest BCUT2D eigenvalue weighted by molar-refractivity contribution is 5.26. The van der Waals surface area contributed by atoms with Gasteiger partial charge in [-0.3, -0.25) is 5.32 Å². The summed E-state index contributed by atoms with van der Waals surface area (Å²) in [5.41, 5.74) is -0.782. The van der Waals surface area contributed by atoms with E-state index in [1.165, 1.54) is 6.07 Å². The van der Waals surface area contributed by atoms with Crippen molar-refractivity contribution in [2.24, 2.45) is 5.92 Å². The van der Waals surface area contributed by atoms with Crippen LogP contribution in [0, 0.1) is 28.9 Å². The molecule has 0 amide bonds. The van der Waals surface area contributed by atoms with Crippen LogP contribution in [0.4, 0.5) is 8.78 Å². The lowest BCUT2D eigenvalue weighted by atomic mass is 9.96. The Morgan fingerprint density at radius 2 is 2.21 bits per heavy atom. The third-order valence-corrected chi connectivity index (χ3v) is 3.32. The third-order valence-electron chi connectivity index (χ3n) is 3.32. The minimum Gasteiger partial charge on any atom is -0.487 e. The fourth-order valence-electron chi connectivity index (χ4n) is 2.15. The third kappa shape index (κ3) is 3.02. The molecule has 1 atom stereocenters. The smallest absolute Gasteiger partial charge is 0.167 e. The van der Waals surface area contributed by atoms with Gasteiger partial charge in [0.05, 0.1) is 6.07 Å². The van der Waals surface area contributed by atoms with Crippen molar-refractivity contribution in [3.8, 4) is 11.8 Å². The van der Waals surface area contributed by atoms with Gasteiger partial charge >= 0.3 is 0 Å². The summed E-state index contributed by atoms with van der Waals surface area (Å²) in [6.07, 6.45) is 1.94. The van der Waals surface area contributed by atoms with Gasteiger partial charge in [-0.25, -0.2) is 8.78 Å². The molecule has 0 saturated heterocycles. The molecule has 3 nitrogen and oxygen atoms in total. The van der Waals surface area contributed by atoms with Gasteiger partial charge in [-0.1, -0.05) is 6.92 Å². The summed E-state index contributed by atoms with van der Waals surface area (Å²) in [7, 11) is 0. The maximum atomic E-state index is 13.5. The summed E-state index contributed by atoms with van der Waals surface area (Å²) >= 11 is 0. The largest absolute Gasteiger partial charge is 0.487 e. The molecule has 0 aliphatic heterocycles. The summed E-state index contributed by atoms with van der Waals surface area (Å²) in [6, 6.07) is 5.40. The van der Waals surface area contributed by atoms with Gasteiger partial charge in [-0.15, -0.1) is 0 Å². The molecule has 1 N–H and O–H groups in total. The fourth-order valence-corrected chi connectivity index (χ4v) is 2.15. The molecule has 2 rings (SSSR count). The lowest BCUT2D eigenvalue weighted by Crippen LogP contribution is -2.50. The quantitative estimate of drug-likeness (QED) is 0.861. The van der Waals surface area contributed by atoms with Crippen LogP contribution in [0.2, 0.25) is 0 Å². The maximum absolute atomic E-state index is 13.5. The first kappa shape index (κ1) is 13.8. The minimum atomic E-state index is -0.782. The number of benzene rings is 1. The molecule has 1 aromatic carbocycles. The van der Waals surface area contributed by atoms with Crippen molar-refractivity contribution in [3.63, 3.8) is 0 Å². The molecular weight excluding hydrogens is 250 g/mol. The van der Waals surface area contributed by atoms with Crippen molar-refractivity contribution in [2.45, 2.75) is 25.3 Å². The molecule has 0 heterocycles. The van der Waals surface area contributed by atoms with Crippen LogP contribution in [-0.4, -0.2) is 18.7 Å². The highest BCUT2D eigenvalue weighted by Crippen LogP contribution is 2.39. The Hall–Kier alpha value is -1.67. The van der Waals surface area contributed by atoms with Crippen molar-refractivity contribution in [3.05, 3.63) is 29.8 Å². The summed E-state index contributed by atoms with van der Waals surface area (Å²) in [4.78, 5) is 0. The topological polar surface area (TPSA) is 45.0 Å². The van der Waals surface area contributed by atoms with Crippen LogP contribution in [0.15, 0.2) is 18.2 Å². The van der Waals surface area contributed by atoms with Crippen LogP contribution in [0.5, 0.6) is 5.75 Å². The van der Waals surface area contributed by atoms with E-state index in [1.807, 2.05) is 6.92 Å². The van der Waals surface area contributed by atoms with E-state index >= 15 is 0 Å². The predicted molar refractivity (Wildman–Crippen MR) is 66.6 cm³/mol. The second-order valence-corrected chi connectivity index (χ2v) is 4.75. The molecule has 1 aromatic rings. The lowest BCUT2D eigenvalue weighted by Gasteiger charge is -2.27. The van der Waals surface area contributed by atoms with Gasteiger partial charge < -0.3 is 4.74 Å². The zero-order chi connectivity index (χ0) is 13.9. The molecule has 0 aromatic heterocycles. The van der Waals surface area contributed by atoms with E-state index in [1.54, 1.807) is 0 Å². The van der Waals surface area contributed by atoms with Crippen molar-refractivity contribution in [1.82, 2.24) is 5.32 Å². The normalized spacial score (nSPS) is 17.6. The Balaban J connectivity index is 2.08. The van der Waals surface area contributed by atoms with Gasteiger partial charge in [-0.05, 0) is 37.4 Å². The first-order valence-corrected chi connectivity index (χ1v) is 6.35. The maximum Gasteiger partial charge on any atom is 0.167 e. The van der Waals surface area contributed by atoms with Crippen molar-refractivity contribution >= 4 is 0 Å². The molecule has 102 valence electrons. The average Bonchev–Trinajstić information content (AvgIpc) is 3.21. The van der Waals surface area contributed by atoms with Crippen LogP contribution >= 0.6 is 0 Å². The van der Waals surface area contributed by atoms with Crippen molar-refractivity contribution in [1.29, 1.82) is 5.26 Å². The van der Waals surface area contributed by atoms with E-state index in [9.17, 15) is 14.0 Å². The monoisotopic (exact) mass is 266 g/mol. The Morgan fingerprint density at radius 3 is 2.74 bits per heavy atom. The van der Waals surface area contributed by atoms with Crippen LogP contribution in [0.3, 0.4) is 0 Å². The number of nitrogens with one attached hydrogen (secondary N) is 1. The molecule has 1 unspecified atom stereocenters. The molecule has 0 bridgehead atoms. The van der Waals surface area contributed by atoms with Gasteiger partial charge in [0.15, 0.2) is 11.6 Å². The molecule has 5 heteroatoms. The van der Waals surface area contributed by atoms with E-state index in [0.29, 0.717) is 6.54 Å². The van der Waals surface area contributed by atoms with Crippen LogP contribution < -0.4 is 10.1 Å². The van der Waals surface area contributed by atoms with E-state index in [0.717, 1.165) is 25.0 Å². The van der Waals surface area contributed by atoms with Gasteiger partial charge in [0.25, 0.3) is 0 Å². The zero-order valence-corrected chi connectivity index (χ0v) is 10.7. The Morgan fingerprint density at radius 1 is 1.47 bits per heavy atom. The van der Waals surface area contributed by atoms with E-state index in [4.69, 9.17) is 4.74 Å². The molecule has 0 spiro atoms. The number of ether oxygens (including phenoxy) is 1. The first-order valence-electron chi connectivity index (χ1n) is 6.35. The summed E-state index contributed by atoms with van der Waals surface area (Å²) in [6.45, 7) is 2.61. The van der Waals surface area contributed by atoms with E-state index in [-0.39, 0.29) is 18.3 Å². The molecule has 1 aliphatic rings. The second-order valence-electron chi connectivity index (χ2n) is 4.75. The summed E-state index contributed by atoms with van der Waals surface area (Å²) < 4.78 is 31.6. The molecule has 1 aliphatic carbocycles. The Bertz CT molecular complexity index is 497. The number of nitriles is 1. The highest BCUT2D eigenvalue weighted by atomic mass is 19.1. The van der Waals surface area contributed by atoms with E-state index < -0.39 is 17.2 Å². The summed E-state index contributed by atoms with van der Waals surface area (Å²) in [5.74, 6) is -1.19. The van der Waals surface area contributed by atoms with Crippen LogP contribution in [0.25, 0.3) is 0 Å². The minimum absolute atomic E-state index is 0.0282. The Kier molecular flexibility index (Phi) is 4.01. The standard InChI is InChI=1S/C14H16F2N2O/c1-2-18-14(8-17,10-3-4-10)9-19-13-6-5-11(15)7-12(13)16/h5-7,10,18H,2-4,9H2,1H3. The number of halogens is 2. The summed E-state index contributed by atoms with van der Waals surface area (Å²) in [5, 5.41) is 12.5. The molecule has 1 fully saturated rings. The predicted octanol–water partition coefficient (Wildman–Crippen LogP) is 2.63. The molecular formula is C14H16F2N2O. The van der Waals surface area contributed by atoms with Crippen molar-refractivity contribution < 1.29 is 13.5 Å².